The van der Waals surface area contributed by atoms with Gasteiger partial charge in [-0.15, -0.1) is 10.2 Å². The minimum atomic E-state index is -0.198. The fraction of sp³-hybridized carbons (Fsp3) is 0.368. The molecule has 0 saturated heterocycles. The van der Waals surface area contributed by atoms with Crippen molar-refractivity contribution in [3.63, 3.8) is 0 Å². The van der Waals surface area contributed by atoms with Crippen LogP contribution in [0.1, 0.15) is 53.1 Å². The molecule has 0 aliphatic rings. The minimum Gasteiger partial charge on any atom is -0.296 e. The van der Waals surface area contributed by atoms with E-state index in [0.29, 0.717) is 22.9 Å². The summed E-state index contributed by atoms with van der Waals surface area (Å²) in [5, 5.41) is 17.1. The molecule has 2 heterocycles. The molecule has 7 heteroatoms. The van der Waals surface area contributed by atoms with Crippen molar-refractivity contribution in [3.05, 3.63) is 57.9 Å². The first-order valence-electron chi connectivity index (χ1n) is 8.49. The van der Waals surface area contributed by atoms with Crippen molar-refractivity contribution in [1.82, 2.24) is 20.0 Å². The number of carbonyl (C=O) groups excluding carboxylic acids is 1. The Kier molecular flexibility index (Phi) is 4.91. The average molecular weight is 369 g/mol. The Labute approximate surface area is 157 Å². The van der Waals surface area contributed by atoms with Gasteiger partial charge in [0.05, 0.1) is 17.8 Å². The third-order valence-electron chi connectivity index (χ3n) is 4.07. The molecule has 0 saturated carbocycles. The van der Waals surface area contributed by atoms with Crippen LogP contribution in [0.15, 0.2) is 30.3 Å². The van der Waals surface area contributed by atoms with Gasteiger partial charge in [0.15, 0.2) is 0 Å². The maximum atomic E-state index is 12.8. The molecule has 136 valence electrons. The monoisotopic (exact) mass is 369 g/mol. The summed E-state index contributed by atoms with van der Waals surface area (Å²) in [6.45, 7) is 10.6. The van der Waals surface area contributed by atoms with E-state index in [9.17, 15) is 4.79 Å². The SMILES string of the molecule is Cc1nn(Cc2ccccc2)c(C)c1C(=O)Nc1nnc(C(C)(C)C)s1. The van der Waals surface area contributed by atoms with Crippen LogP contribution in [0.5, 0.6) is 0 Å². The highest BCUT2D eigenvalue weighted by molar-refractivity contribution is 7.15. The fourth-order valence-electron chi connectivity index (χ4n) is 2.67. The smallest absolute Gasteiger partial charge is 0.261 e. The molecular formula is C19H23N5OS. The van der Waals surface area contributed by atoms with E-state index < -0.39 is 0 Å². The van der Waals surface area contributed by atoms with Crippen LogP contribution < -0.4 is 5.32 Å². The number of benzene rings is 1. The predicted molar refractivity (Wildman–Crippen MR) is 104 cm³/mol. The molecule has 0 aliphatic heterocycles. The number of aromatic nitrogens is 4. The highest BCUT2D eigenvalue weighted by Crippen LogP contribution is 2.28. The zero-order chi connectivity index (χ0) is 18.9. The van der Waals surface area contributed by atoms with Gasteiger partial charge in [0.25, 0.3) is 5.91 Å². The Balaban J connectivity index is 1.80. The number of carbonyl (C=O) groups is 1. The molecule has 0 aliphatic carbocycles. The van der Waals surface area contributed by atoms with Crippen LogP contribution >= 0.6 is 11.3 Å². The number of hydrogen-bond acceptors (Lipinski definition) is 5. The Bertz CT molecular complexity index is 921. The van der Waals surface area contributed by atoms with Crippen LogP contribution in [0.4, 0.5) is 5.13 Å². The molecule has 26 heavy (non-hydrogen) atoms. The summed E-state index contributed by atoms with van der Waals surface area (Å²) in [6, 6.07) is 10.1. The van der Waals surface area contributed by atoms with Crippen LogP contribution in [-0.2, 0) is 12.0 Å². The van der Waals surface area contributed by atoms with Crippen LogP contribution in [0, 0.1) is 13.8 Å². The largest absolute Gasteiger partial charge is 0.296 e. The molecule has 0 fully saturated rings. The van der Waals surface area contributed by atoms with E-state index in [1.165, 1.54) is 11.3 Å². The van der Waals surface area contributed by atoms with Gasteiger partial charge in [0.2, 0.25) is 5.13 Å². The molecule has 1 amide bonds. The number of hydrogen-bond donors (Lipinski definition) is 1. The third kappa shape index (κ3) is 3.83. The zero-order valence-corrected chi connectivity index (χ0v) is 16.5. The Morgan fingerprint density at radius 1 is 1.15 bits per heavy atom. The van der Waals surface area contributed by atoms with Crippen molar-refractivity contribution in [2.24, 2.45) is 0 Å². The molecule has 1 aromatic carbocycles. The molecular weight excluding hydrogens is 346 g/mol. The second-order valence-electron chi connectivity index (χ2n) is 7.31. The highest BCUT2D eigenvalue weighted by atomic mass is 32.1. The van der Waals surface area contributed by atoms with Crippen LogP contribution in [-0.4, -0.2) is 25.9 Å². The van der Waals surface area contributed by atoms with Gasteiger partial charge in [-0.05, 0) is 19.4 Å². The van der Waals surface area contributed by atoms with Crippen molar-refractivity contribution >= 4 is 22.4 Å². The van der Waals surface area contributed by atoms with E-state index in [1.54, 1.807) is 0 Å². The summed E-state index contributed by atoms with van der Waals surface area (Å²) < 4.78 is 1.86. The van der Waals surface area contributed by atoms with Gasteiger partial charge in [-0.3, -0.25) is 14.8 Å². The van der Waals surface area contributed by atoms with E-state index >= 15 is 0 Å². The molecule has 2 aromatic heterocycles. The quantitative estimate of drug-likeness (QED) is 0.756. The molecule has 6 nitrogen and oxygen atoms in total. The topological polar surface area (TPSA) is 72.7 Å². The maximum Gasteiger partial charge on any atom is 0.261 e. The molecule has 3 rings (SSSR count). The van der Waals surface area contributed by atoms with Gasteiger partial charge in [-0.1, -0.05) is 62.4 Å². The summed E-state index contributed by atoms with van der Waals surface area (Å²) in [7, 11) is 0. The molecule has 0 radical (unpaired) electrons. The Morgan fingerprint density at radius 2 is 1.85 bits per heavy atom. The fourth-order valence-corrected chi connectivity index (χ4v) is 3.47. The number of nitrogens with zero attached hydrogens (tertiary/aromatic N) is 4. The second-order valence-corrected chi connectivity index (χ2v) is 8.28. The standard InChI is InChI=1S/C19H23N5OS/c1-12-15(13(2)24(23-12)11-14-9-7-6-8-10-14)16(25)20-18-22-21-17(26-18)19(3,4)5/h6-10H,11H2,1-5H3,(H,20,22,25). The molecule has 0 bridgehead atoms. The van der Waals surface area contributed by atoms with Crippen molar-refractivity contribution in [2.75, 3.05) is 5.32 Å². The number of amides is 1. The number of nitrogens with one attached hydrogen (secondary N) is 1. The van der Waals surface area contributed by atoms with Crippen molar-refractivity contribution in [2.45, 2.75) is 46.6 Å². The van der Waals surface area contributed by atoms with E-state index in [-0.39, 0.29) is 11.3 Å². The molecule has 3 aromatic rings. The normalized spacial score (nSPS) is 11.6. The van der Waals surface area contributed by atoms with Crippen LogP contribution in [0.3, 0.4) is 0 Å². The van der Waals surface area contributed by atoms with Gasteiger partial charge >= 0.3 is 0 Å². The molecule has 0 unspecified atom stereocenters. The summed E-state index contributed by atoms with van der Waals surface area (Å²) in [6.07, 6.45) is 0. The lowest BCUT2D eigenvalue weighted by Gasteiger charge is -2.12. The van der Waals surface area contributed by atoms with Gasteiger partial charge < -0.3 is 0 Å². The van der Waals surface area contributed by atoms with Crippen molar-refractivity contribution in [3.8, 4) is 0 Å². The first kappa shape index (κ1) is 18.3. The van der Waals surface area contributed by atoms with Gasteiger partial charge in [0, 0.05) is 11.1 Å². The lowest BCUT2D eigenvalue weighted by atomic mass is 9.98. The van der Waals surface area contributed by atoms with E-state index in [1.807, 2.05) is 48.9 Å². The summed E-state index contributed by atoms with van der Waals surface area (Å²) in [4.78, 5) is 12.8. The maximum absolute atomic E-state index is 12.8. The molecule has 1 N–H and O–H groups in total. The lowest BCUT2D eigenvalue weighted by molar-refractivity contribution is 0.102. The van der Waals surface area contributed by atoms with E-state index in [2.05, 4.69) is 41.4 Å². The van der Waals surface area contributed by atoms with Gasteiger partial charge in [-0.25, -0.2) is 0 Å². The van der Waals surface area contributed by atoms with E-state index in [4.69, 9.17) is 0 Å². The molecule has 0 spiro atoms. The minimum absolute atomic E-state index is 0.0902. The Morgan fingerprint density at radius 3 is 2.46 bits per heavy atom. The number of anilines is 1. The van der Waals surface area contributed by atoms with Crippen LogP contribution in [0.25, 0.3) is 0 Å². The summed E-state index contributed by atoms with van der Waals surface area (Å²) in [5.74, 6) is -0.198. The zero-order valence-electron chi connectivity index (χ0n) is 15.7. The van der Waals surface area contributed by atoms with Gasteiger partial charge in [0.1, 0.15) is 5.01 Å². The third-order valence-corrected chi connectivity index (χ3v) is 5.34. The van der Waals surface area contributed by atoms with Crippen LogP contribution in [0.2, 0.25) is 0 Å². The first-order chi connectivity index (χ1) is 12.3. The molecule has 0 atom stereocenters. The number of rotatable bonds is 4. The number of aryl methyl sites for hydroxylation is 1. The lowest BCUT2D eigenvalue weighted by Crippen LogP contribution is -2.14. The van der Waals surface area contributed by atoms with Gasteiger partial charge in [-0.2, -0.15) is 5.10 Å². The highest BCUT2D eigenvalue weighted by Gasteiger charge is 2.23. The summed E-state index contributed by atoms with van der Waals surface area (Å²) in [5.41, 5.74) is 3.19. The van der Waals surface area contributed by atoms with Crippen molar-refractivity contribution < 1.29 is 4.79 Å². The Hall–Kier alpha value is -2.54. The van der Waals surface area contributed by atoms with Crippen molar-refractivity contribution in [1.29, 1.82) is 0 Å². The first-order valence-corrected chi connectivity index (χ1v) is 9.30. The predicted octanol–water partition coefficient (Wildman–Crippen LogP) is 3.95. The summed E-state index contributed by atoms with van der Waals surface area (Å²) >= 11 is 1.40. The van der Waals surface area contributed by atoms with E-state index in [0.717, 1.165) is 16.3 Å². The second kappa shape index (κ2) is 6.99. The average Bonchev–Trinajstić information content (AvgIpc) is 3.13.